The molecule has 23 heavy (non-hydrogen) atoms. The molecule has 1 aromatic carbocycles. The van der Waals surface area contributed by atoms with Crippen molar-refractivity contribution >= 4 is 23.5 Å². The molecule has 1 heterocycles. The van der Waals surface area contributed by atoms with Gasteiger partial charge in [0.15, 0.2) is 5.69 Å². The second-order valence-corrected chi connectivity index (χ2v) is 5.32. The van der Waals surface area contributed by atoms with Gasteiger partial charge < -0.3 is 10.8 Å². The van der Waals surface area contributed by atoms with Gasteiger partial charge in [-0.1, -0.05) is 11.6 Å². The number of rotatable bonds is 3. The van der Waals surface area contributed by atoms with Crippen molar-refractivity contribution in [2.24, 2.45) is 5.73 Å². The molecule has 0 aliphatic carbocycles. The molecule has 0 atom stereocenters. The standard InChI is InChI=1S/C16H12ClN3O3/c1-7-5-10(15(19)21)13(14(20-7)16(22)23)12-8(2)11(17)4-3-9(12)6-18/h3-5H,1-2H3,(H2,19,21)(H,22,23). The molecule has 3 N–H and O–H groups in total. The summed E-state index contributed by atoms with van der Waals surface area (Å²) in [5.74, 6) is -2.13. The number of carbonyl (C=O) groups excluding carboxylic acids is 1. The number of carbonyl (C=O) groups is 2. The Hall–Kier alpha value is -2.91. The molecule has 0 saturated carbocycles. The summed E-state index contributed by atoms with van der Waals surface area (Å²) in [7, 11) is 0. The number of pyridine rings is 1. The highest BCUT2D eigenvalue weighted by atomic mass is 35.5. The molecule has 0 aliphatic heterocycles. The average Bonchev–Trinajstić information content (AvgIpc) is 2.49. The maximum Gasteiger partial charge on any atom is 0.355 e. The first-order valence-electron chi connectivity index (χ1n) is 6.52. The number of hydrogen-bond donors (Lipinski definition) is 2. The van der Waals surface area contributed by atoms with Crippen molar-refractivity contribution in [1.82, 2.24) is 4.98 Å². The number of carboxylic acids is 1. The Morgan fingerprint density at radius 1 is 1.30 bits per heavy atom. The second kappa shape index (κ2) is 6.07. The first-order chi connectivity index (χ1) is 10.8. The summed E-state index contributed by atoms with van der Waals surface area (Å²) in [5, 5.41) is 19.1. The lowest BCUT2D eigenvalue weighted by Gasteiger charge is -2.16. The Morgan fingerprint density at radius 2 is 1.96 bits per heavy atom. The van der Waals surface area contributed by atoms with Crippen molar-refractivity contribution in [1.29, 1.82) is 5.26 Å². The van der Waals surface area contributed by atoms with Crippen LogP contribution in [0.5, 0.6) is 0 Å². The summed E-state index contributed by atoms with van der Waals surface area (Å²) in [6, 6.07) is 6.36. The maximum atomic E-state index is 11.8. The fourth-order valence-corrected chi connectivity index (χ4v) is 2.53. The van der Waals surface area contributed by atoms with E-state index in [-0.39, 0.29) is 27.9 Å². The van der Waals surface area contributed by atoms with Crippen molar-refractivity contribution in [3.63, 3.8) is 0 Å². The number of nitrogens with zero attached hydrogens (tertiary/aromatic N) is 2. The van der Waals surface area contributed by atoms with Gasteiger partial charge in [-0.05, 0) is 37.6 Å². The number of aryl methyl sites for hydroxylation is 1. The van der Waals surface area contributed by atoms with Gasteiger partial charge in [0.2, 0.25) is 5.91 Å². The van der Waals surface area contributed by atoms with Crippen LogP contribution in [-0.2, 0) is 0 Å². The van der Waals surface area contributed by atoms with E-state index in [1.807, 2.05) is 6.07 Å². The Balaban J connectivity index is 3.05. The first-order valence-corrected chi connectivity index (χ1v) is 6.90. The van der Waals surface area contributed by atoms with E-state index in [0.29, 0.717) is 16.3 Å². The predicted octanol–water partition coefficient (Wildman–Crippen LogP) is 2.69. The van der Waals surface area contributed by atoms with E-state index in [0.717, 1.165) is 0 Å². The van der Waals surface area contributed by atoms with Gasteiger partial charge in [-0.15, -0.1) is 0 Å². The lowest BCUT2D eigenvalue weighted by molar-refractivity contribution is 0.0691. The van der Waals surface area contributed by atoms with Crippen molar-refractivity contribution in [2.75, 3.05) is 0 Å². The number of aromatic carboxylic acids is 1. The van der Waals surface area contributed by atoms with Crippen molar-refractivity contribution in [2.45, 2.75) is 13.8 Å². The molecule has 0 fully saturated rings. The number of benzene rings is 1. The van der Waals surface area contributed by atoms with Crippen molar-refractivity contribution in [3.05, 3.63) is 51.3 Å². The normalized spacial score (nSPS) is 10.2. The predicted molar refractivity (Wildman–Crippen MR) is 84.3 cm³/mol. The molecule has 0 bridgehead atoms. The summed E-state index contributed by atoms with van der Waals surface area (Å²) >= 11 is 6.09. The molecule has 1 amide bonds. The number of primary amides is 1. The minimum absolute atomic E-state index is 0.00662. The second-order valence-electron chi connectivity index (χ2n) is 4.91. The molecule has 2 aromatic rings. The van der Waals surface area contributed by atoms with E-state index in [4.69, 9.17) is 17.3 Å². The quantitative estimate of drug-likeness (QED) is 0.897. The Kier molecular flexibility index (Phi) is 4.34. The third-order valence-electron chi connectivity index (χ3n) is 3.38. The number of nitrogens with two attached hydrogens (primary N) is 1. The van der Waals surface area contributed by atoms with Crippen LogP contribution < -0.4 is 5.73 Å². The third kappa shape index (κ3) is 2.87. The molecule has 2 rings (SSSR count). The molecule has 7 heteroatoms. The Morgan fingerprint density at radius 3 is 2.48 bits per heavy atom. The van der Waals surface area contributed by atoms with Crippen LogP contribution in [-0.4, -0.2) is 22.0 Å². The number of carboxylic acid groups (broad SMARTS) is 1. The summed E-state index contributed by atoms with van der Waals surface area (Å²) in [6.07, 6.45) is 0. The zero-order valence-electron chi connectivity index (χ0n) is 12.3. The van der Waals surface area contributed by atoms with Gasteiger partial charge in [0, 0.05) is 21.8 Å². The highest BCUT2D eigenvalue weighted by molar-refractivity contribution is 6.32. The monoisotopic (exact) mass is 329 g/mol. The molecule has 116 valence electrons. The fraction of sp³-hybridized carbons (Fsp3) is 0.125. The fourth-order valence-electron chi connectivity index (χ4n) is 2.38. The molecular weight excluding hydrogens is 318 g/mol. The van der Waals surface area contributed by atoms with Gasteiger partial charge in [0.1, 0.15) is 0 Å². The van der Waals surface area contributed by atoms with Crippen LogP contribution in [0.1, 0.15) is 37.7 Å². The molecule has 0 spiro atoms. The number of halogens is 1. The van der Waals surface area contributed by atoms with E-state index in [2.05, 4.69) is 4.98 Å². The number of amides is 1. The van der Waals surface area contributed by atoms with Gasteiger partial charge >= 0.3 is 5.97 Å². The zero-order valence-corrected chi connectivity index (χ0v) is 13.1. The van der Waals surface area contributed by atoms with Crippen LogP contribution in [0.2, 0.25) is 5.02 Å². The zero-order chi connectivity index (χ0) is 17.3. The highest BCUT2D eigenvalue weighted by Gasteiger charge is 2.25. The van der Waals surface area contributed by atoms with Crippen LogP contribution in [0.15, 0.2) is 18.2 Å². The van der Waals surface area contributed by atoms with Crippen molar-refractivity contribution in [3.8, 4) is 17.2 Å². The molecule has 1 aromatic heterocycles. The van der Waals surface area contributed by atoms with Crippen LogP contribution in [0.25, 0.3) is 11.1 Å². The SMILES string of the molecule is Cc1cc(C(N)=O)c(-c2c(C#N)ccc(Cl)c2C)c(C(=O)O)n1. The third-order valence-corrected chi connectivity index (χ3v) is 3.79. The van der Waals surface area contributed by atoms with E-state index in [9.17, 15) is 20.0 Å². The topological polar surface area (TPSA) is 117 Å². The summed E-state index contributed by atoms with van der Waals surface area (Å²) in [6.45, 7) is 3.19. The Bertz CT molecular complexity index is 850. The van der Waals surface area contributed by atoms with Gasteiger partial charge in [-0.3, -0.25) is 4.79 Å². The molecular formula is C16H12ClN3O3. The molecule has 0 aliphatic rings. The molecule has 0 radical (unpaired) electrons. The molecule has 0 saturated heterocycles. The lowest BCUT2D eigenvalue weighted by Crippen LogP contribution is -2.17. The summed E-state index contributed by atoms with van der Waals surface area (Å²) in [4.78, 5) is 27.4. The smallest absolute Gasteiger partial charge is 0.355 e. The van der Waals surface area contributed by atoms with Crippen molar-refractivity contribution < 1.29 is 14.7 Å². The lowest BCUT2D eigenvalue weighted by atomic mass is 9.90. The average molecular weight is 330 g/mol. The molecule has 0 unspecified atom stereocenters. The summed E-state index contributed by atoms with van der Waals surface area (Å²) < 4.78 is 0. The number of aromatic nitrogens is 1. The minimum atomic E-state index is -1.32. The number of hydrogen-bond acceptors (Lipinski definition) is 4. The van der Waals surface area contributed by atoms with Crippen LogP contribution in [0.3, 0.4) is 0 Å². The summed E-state index contributed by atoms with van der Waals surface area (Å²) in [5.41, 5.74) is 6.27. The largest absolute Gasteiger partial charge is 0.476 e. The van der Waals surface area contributed by atoms with Crippen LogP contribution >= 0.6 is 11.6 Å². The van der Waals surface area contributed by atoms with Crippen LogP contribution in [0.4, 0.5) is 0 Å². The maximum absolute atomic E-state index is 11.8. The molecule has 6 nitrogen and oxygen atoms in total. The van der Waals surface area contributed by atoms with E-state index in [1.165, 1.54) is 18.2 Å². The first kappa shape index (κ1) is 16.5. The van der Waals surface area contributed by atoms with E-state index in [1.54, 1.807) is 13.8 Å². The Labute approximate surface area is 137 Å². The highest BCUT2D eigenvalue weighted by Crippen LogP contribution is 2.36. The van der Waals surface area contributed by atoms with Gasteiger partial charge in [0.05, 0.1) is 17.2 Å². The van der Waals surface area contributed by atoms with Gasteiger partial charge in [-0.2, -0.15) is 5.26 Å². The van der Waals surface area contributed by atoms with Crippen LogP contribution in [0, 0.1) is 25.2 Å². The number of nitriles is 1. The van der Waals surface area contributed by atoms with Gasteiger partial charge in [-0.25, -0.2) is 9.78 Å². The minimum Gasteiger partial charge on any atom is -0.476 e. The van der Waals surface area contributed by atoms with Gasteiger partial charge in [0.25, 0.3) is 0 Å². The van der Waals surface area contributed by atoms with E-state index < -0.39 is 11.9 Å². The van der Waals surface area contributed by atoms with E-state index >= 15 is 0 Å².